The number of amides is 1. The Morgan fingerprint density at radius 3 is 2.78 bits per heavy atom. The van der Waals surface area contributed by atoms with Crippen LogP contribution in [0.5, 0.6) is 5.75 Å². The summed E-state index contributed by atoms with van der Waals surface area (Å²) < 4.78 is 23.1. The van der Waals surface area contributed by atoms with Gasteiger partial charge in [-0.3, -0.25) is 4.79 Å². The molecule has 1 rings (SSSR count). The molecule has 0 aliphatic heterocycles. The van der Waals surface area contributed by atoms with E-state index in [2.05, 4.69) is 5.32 Å². The van der Waals surface area contributed by atoms with Gasteiger partial charge in [-0.1, -0.05) is 0 Å². The second-order valence-corrected chi connectivity index (χ2v) is 3.66. The Morgan fingerprint density at radius 1 is 1.50 bits per heavy atom. The average Bonchev–Trinajstić information content (AvgIpc) is 2.36. The monoisotopic (exact) mass is 257 g/mol. The summed E-state index contributed by atoms with van der Waals surface area (Å²) in [6, 6.07) is 3.94. The van der Waals surface area contributed by atoms with Crippen molar-refractivity contribution in [3.05, 3.63) is 29.6 Å². The standard InChI is InChI=1S/C12H16FNO4/c1-17-7-8(15)6-14-12(16)10-4-3-9(18-2)5-11(10)13/h3-5,8,15H,6-7H2,1-2H3,(H,14,16). The van der Waals surface area contributed by atoms with Gasteiger partial charge in [-0.15, -0.1) is 0 Å². The molecule has 0 saturated heterocycles. The first kappa shape index (κ1) is 14.4. The van der Waals surface area contributed by atoms with Gasteiger partial charge in [0.2, 0.25) is 0 Å². The molecule has 0 bridgehead atoms. The van der Waals surface area contributed by atoms with Gasteiger partial charge < -0.3 is 19.9 Å². The lowest BCUT2D eigenvalue weighted by atomic mass is 10.2. The quantitative estimate of drug-likeness (QED) is 0.782. The molecule has 18 heavy (non-hydrogen) atoms. The van der Waals surface area contributed by atoms with E-state index in [1.807, 2.05) is 0 Å². The van der Waals surface area contributed by atoms with E-state index >= 15 is 0 Å². The Labute approximate surface area is 105 Å². The molecule has 100 valence electrons. The fourth-order valence-corrected chi connectivity index (χ4v) is 1.36. The molecule has 6 heteroatoms. The van der Waals surface area contributed by atoms with Crippen LogP contribution in [0.2, 0.25) is 0 Å². The fraction of sp³-hybridized carbons (Fsp3) is 0.417. The zero-order valence-corrected chi connectivity index (χ0v) is 10.3. The van der Waals surface area contributed by atoms with Crippen LogP contribution in [0.3, 0.4) is 0 Å². The Balaban J connectivity index is 2.61. The lowest BCUT2D eigenvalue weighted by molar-refractivity contribution is 0.0609. The van der Waals surface area contributed by atoms with E-state index in [0.717, 1.165) is 6.07 Å². The molecule has 1 aromatic rings. The number of methoxy groups -OCH3 is 2. The van der Waals surface area contributed by atoms with Crippen LogP contribution in [0.1, 0.15) is 10.4 Å². The third-order valence-electron chi connectivity index (χ3n) is 2.28. The molecule has 0 saturated carbocycles. The van der Waals surface area contributed by atoms with Crippen molar-refractivity contribution < 1.29 is 23.8 Å². The number of hydrogen-bond acceptors (Lipinski definition) is 4. The molecule has 5 nitrogen and oxygen atoms in total. The summed E-state index contributed by atoms with van der Waals surface area (Å²) in [5, 5.41) is 11.8. The maximum absolute atomic E-state index is 13.5. The van der Waals surface area contributed by atoms with Crippen molar-refractivity contribution in [2.45, 2.75) is 6.10 Å². The number of aliphatic hydroxyl groups excluding tert-OH is 1. The lowest BCUT2D eigenvalue weighted by Gasteiger charge is -2.11. The number of carbonyl (C=O) groups excluding carboxylic acids is 1. The van der Waals surface area contributed by atoms with Crippen molar-refractivity contribution in [3.63, 3.8) is 0 Å². The Bertz CT molecular complexity index is 411. The second kappa shape index (κ2) is 6.93. The minimum absolute atomic E-state index is 0.00184. The van der Waals surface area contributed by atoms with E-state index in [1.165, 1.54) is 26.4 Å². The SMILES string of the molecule is COCC(O)CNC(=O)c1ccc(OC)cc1F. The van der Waals surface area contributed by atoms with Crippen LogP contribution in [0, 0.1) is 5.82 Å². The van der Waals surface area contributed by atoms with Crippen LogP contribution in [-0.4, -0.2) is 44.5 Å². The molecule has 0 radical (unpaired) electrons. The number of carbonyl (C=O) groups is 1. The van der Waals surface area contributed by atoms with Gasteiger partial charge in [0.15, 0.2) is 0 Å². The number of hydrogen-bond donors (Lipinski definition) is 2. The van der Waals surface area contributed by atoms with Gasteiger partial charge in [0.25, 0.3) is 5.91 Å². The lowest BCUT2D eigenvalue weighted by Crippen LogP contribution is -2.34. The molecule has 0 spiro atoms. The third-order valence-corrected chi connectivity index (χ3v) is 2.28. The highest BCUT2D eigenvalue weighted by atomic mass is 19.1. The normalized spacial score (nSPS) is 12.0. The summed E-state index contributed by atoms with van der Waals surface area (Å²) in [5.41, 5.74) is -0.0968. The molecular weight excluding hydrogens is 241 g/mol. The van der Waals surface area contributed by atoms with Crippen LogP contribution in [0.25, 0.3) is 0 Å². The summed E-state index contributed by atoms with van der Waals surface area (Å²) in [7, 11) is 2.85. The van der Waals surface area contributed by atoms with Gasteiger partial charge in [-0.05, 0) is 12.1 Å². The van der Waals surface area contributed by atoms with Crippen LogP contribution < -0.4 is 10.1 Å². The molecule has 1 amide bonds. The topological polar surface area (TPSA) is 67.8 Å². The van der Waals surface area contributed by atoms with Gasteiger partial charge in [-0.25, -0.2) is 4.39 Å². The summed E-state index contributed by atoms with van der Waals surface area (Å²) >= 11 is 0. The van der Waals surface area contributed by atoms with E-state index in [1.54, 1.807) is 0 Å². The molecule has 1 atom stereocenters. The zero-order chi connectivity index (χ0) is 13.5. The number of rotatable bonds is 6. The number of ether oxygens (including phenoxy) is 2. The van der Waals surface area contributed by atoms with E-state index in [9.17, 15) is 14.3 Å². The minimum Gasteiger partial charge on any atom is -0.497 e. The maximum atomic E-state index is 13.5. The van der Waals surface area contributed by atoms with Crippen molar-refractivity contribution in [2.75, 3.05) is 27.4 Å². The number of nitrogens with one attached hydrogen (secondary N) is 1. The summed E-state index contributed by atoms with van der Waals surface area (Å²) in [6.07, 6.45) is -0.819. The highest BCUT2D eigenvalue weighted by Crippen LogP contribution is 2.15. The van der Waals surface area contributed by atoms with E-state index in [4.69, 9.17) is 9.47 Å². The fourth-order valence-electron chi connectivity index (χ4n) is 1.36. The van der Waals surface area contributed by atoms with Gasteiger partial charge in [0.1, 0.15) is 11.6 Å². The number of halogens is 1. The van der Waals surface area contributed by atoms with E-state index in [0.29, 0.717) is 5.75 Å². The first-order chi connectivity index (χ1) is 8.58. The van der Waals surface area contributed by atoms with Crippen molar-refractivity contribution in [1.82, 2.24) is 5.32 Å². The molecule has 2 N–H and O–H groups in total. The summed E-state index contributed by atoms with van der Waals surface area (Å²) in [5.74, 6) is -0.929. The summed E-state index contributed by atoms with van der Waals surface area (Å²) in [4.78, 5) is 11.6. The molecule has 0 fully saturated rings. The van der Waals surface area contributed by atoms with E-state index in [-0.39, 0.29) is 18.7 Å². The maximum Gasteiger partial charge on any atom is 0.254 e. The van der Waals surface area contributed by atoms with Gasteiger partial charge in [0.05, 0.1) is 25.4 Å². The largest absolute Gasteiger partial charge is 0.497 e. The molecule has 0 aliphatic carbocycles. The van der Waals surface area contributed by atoms with Crippen LogP contribution in [0.15, 0.2) is 18.2 Å². The third kappa shape index (κ3) is 3.97. The number of benzene rings is 1. The van der Waals surface area contributed by atoms with Gasteiger partial charge in [0, 0.05) is 19.7 Å². The van der Waals surface area contributed by atoms with Crippen LogP contribution >= 0.6 is 0 Å². The van der Waals surface area contributed by atoms with E-state index < -0.39 is 17.8 Å². The predicted molar refractivity (Wildman–Crippen MR) is 63.2 cm³/mol. The number of aliphatic hydroxyl groups is 1. The van der Waals surface area contributed by atoms with Crippen LogP contribution in [0.4, 0.5) is 4.39 Å². The highest BCUT2D eigenvalue weighted by molar-refractivity contribution is 5.94. The predicted octanol–water partition coefficient (Wildman–Crippen LogP) is 0.571. The molecular formula is C12H16FNO4. The van der Waals surface area contributed by atoms with Crippen molar-refractivity contribution >= 4 is 5.91 Å². The van der Waals surface area contributed by atoms with Gasteiger partial charge >= 0.3 is 0 Å². The molecule has 0 aliphatic rings. The first-order valence-corrected chi connectivity index (χ1v) is 5.37. The van der Waals surface area contributed by atoms with Crippen molar-refractivity contribution in [3.8, 4) is 5.75 Å². The Morgan fingerprint density at radius 2 is 2.22 bits per heavy atom. The second-order valence-electron chi connectivity index (χ2n) is 3.66. The van der Waals surface area contributed by atoms with Gasteiger partial charge in [-0.2, -0.15) is 0 Å². The first-order valence-electron chi connectivity index (χ1n) is 5.37. The molecule has 0 aromatic heterocycles. The molecule has 1 aromatic carbocycles. The van der Waals surface area contributed by atoms with Crippen molar-refractivity contribution in [2.24, 2.45) is 0 Å². The Hall–Kier alpha value is -1.66. The minimum atomic E-state index is -0.819. The molecule has 1 unspecified atom stereocenters. The van der Waals surface area contributed by atoms with Crippen LogP contribution in [-0.2, 0) is 4.74 Å². The summed E-state index contributed by atoms with van der Waals surface area (Å²) in [6.45, 7) is 0.101. The smallest absolute Gasteiger partial charge is 0.254 e. The molecule has 0 heterocycles. The zero-order valence-electron chi connectivity index (χ0n) is 10.3. The Kier molecular flexibility index (Phi) is 5.54. The average molecular weight is 257 g/mol. The van der Waals surface area contributed by atoms with Crippen molar-refractivity contribution in [1.29, 1.82) is 0 Å². The highest BCUT2D eigenvalue weighted by Gasteiger charge is 2.13.